The van der Waals surface area contributed by atoms with Gasteiger partial charge in [0.25, 0.3) is 0 Å². The Balaban J connectivity index is 2.27. The number of anilines is 1. The fourth-order valence-electron chi connectivity index (χ4n) is 2.21. The molecule has 0 atom stereocenters. The first-order valence-electron chi connectivity index (χ1n) is 6.49. The molecule has 1 aromatic carbocycles. The molecule has 2 rings (SSSR count). The summed E-state index contributed by atoms with van der Waals surface area (Å²) >= 11 is 1.40. The Morgan fingerprint density at radius 2 is 1.84 bits per heavy atom. The maximum Gasteiger partial charge on any atom is 0.314 e. The number of carboxylic acid groups (broad SMARTS) is 1. The quantitative estimate of drug-likeness (QED) is 0.505. The van der Waals surface area contributed by atoms with Crippen LogP contribution in [0, 0.1) is 0 Å². The molecule has 0 radical (unpaired) electrons. The lowest BCUT2D eigenvalue weighted by Gasteiger charge is -2.14. The summed E-state index contributed by atoms with van der Waals surface area (Å²) in [4.78, 5) is 10.8. The summed E-state index contributed by atoms with van der Waals surface area (Å²) in [5.41, 5.74) is 7.49. The molecule has 0 spiro atoms. The van der Waals surface area contributed by atoms with E-state index in [-0.39, 0.29) is 5.75 Å². The van der Waals surface area contributed by atoms with Gasteiger partial charge in [-0.3, -0.25) is 4.79 Å². The molecule has 4 nitrogen and oxygen atoms in total. The topological polar surface area (TPSA) is 66.3 Å². The molecule has 1 heterocycles. The normalized spacial score (nSPS) is 15.3. The maximum atomic E-state index is 10.8. The molecule has 0 aromatic heterocycles. The number of carboxylic acids is 1. The predicted molar refractivity (Wildman–Crippen MR) is 78.9 cm³/mol. The van der Waals surface area contributed by atoms with E-state index in [4.69, 9.17) is 10.8 Å². The highest BCUT2D eigenvalue weighted by Crippen LogP contribution is 2.18. The van der Waals surface area contributed by atoms with Crippen LogP contribution in [0.15, 0.2) is 24.3 Å². The van der Waals surface area contributed by atoms with Gasteiger partial charge in [-0.25, -0.2) is 4.58 Å². The van der Waals surface area contributed by atoms with Gasteiger partial charge in [0.15, 0.2) is 0 Å². The van der Waals surface area contributed by atoms with E-state index in [2.05, 4.69) is 4.58 Å². The fourth-order valence-corrected chi connectivity index (χ4v) is 3.14. The predicted octanol–water partition coefficient (Wildman–Crippen LogP) is 2.03. The van der Waals surface area contributed by atoms with Crippen LogP contribution < -0.4 is 5.73 Å². The zero-order valence-electron chi connectivity index (χ0n) is 10.8. The number of nitrogens with zero attached hydrogens (tertiary/aromatic N) is 1. The van der Waals surface area contributed by atoms with Gasteiger partial charge < -0.3 is 10.8 Å². The summed E-state index contributed by atoms with van der Waals surface area (Å²) in [7, 11) is 0. The molecule has 3 N–H and O–H groups in total. The molecule has 1 aliphatic heterocycles. The molecule has 0 saturated carbocycles. The van der Waals surface area contributed by atoms with Crippen molar-refractivity contribution in [1.82, 2.24) is 0 Å². The highest BCUT2D eigenvalue weighted by Gasteiger charge is 2.21. The Morgan fingerprint density at radius 1 is 1.21 bits per heavy atom. The number of nitrogen functional groups attached to an aromatic ring is 1. The van der Waals surface area contributed by atoms with Gasteiger partial charge >= 0.3 is 5.97 Å². The number of thioether (sulfide) groups is 1. The Bertz CT molecular complexity index is 475. The SMILES string of the molecule is Nc1ccc(C(SCC(=O)O)=[N+]2CCCCC2)cc1. The summed E-state index contributed by atoms with van der Waals surface area (Å²) in [6, 6.07) is 7.66. The van der Waals surface area contributed by atoms with Crippen molar-refractivity contribution in [2.45, 2.75) is 19.3 Å². The minimum Gasteiger partial charge on any atom is -0.481 e. The van der Waals surface area contributed by atoms with Gasteiger partial charge in [-0.05, 0) is 42.4 Å². The highest BCUT2D eigenvalue weighted by molar-refractivity contribution is 8.14. The molecule has 5 heteroatoms. The van der Waals surface area contributed by atoms with E-state index in [9.17, 15) is 4.79 Å². The number of hydrogen-bond acceptors (Lipinski definition) is 3. The number of hydrogen-bond donors (Lipinski definition) is 2. The monoisotopic (exact) mass is 279 g/mol. The third kappa shape index (κ3) is 3.99. The smallest absolute Gasteiger partial charge is 0.314 e. The second kappa shape index (κ2) is 6.61. The summed E-state index contributed by atoms with van der Waals surface area (Å²) in [5, 5.41) is 9.94. The Hall–Kier alpha value is -1.49. The van der Waals surface area contributed by atoms with E-state index in [0.717, 1.165) is 29.4 Å². The number of carbonyl (C=O) groups is 1. The van der Waals surface area contributed by atoms with Gasteiger partial charge in [-0.2, -0.15) is 0 Å². The van der Waals surface area contributed by atoms with E-state index in [1.807, 2.05) is 24.3 Å². The van der Waals surface area contributed by atoms with E-state index in [1.54, 1.807) is 0 Å². The number of benzene rings is 1. The first kappa shape index (κ1) is 13.9. The minimum absolute atomic E-state index is 0.0935. The number of aliphatic carboxylic acids is 1. The van der Waals surface area contributed by atoms with E-state index in [0.29, 0.717) is 0 Å². The van der Waals surface area contributed by atoms with Gasteiger partial charge in [0.1, 0.15) is 18.8 Å². The van der Waals surface area contributed by atoms with Crippen LogP contribution in [0.25, 0.3) is 0 Å². The average molecular weight is 279 g/mol. The van der Waals surface area contributed by atoms with Crippen molar-refractivity contribution < 1.29 is 14.5 Å². The number of nitrogens with two attached hydrogens (primary N) is 1. The lowest BCUT2D eigenvalue weighted by molar-refractivity contribution is -0.534. The van der Waals surface area contributed by atoms with Gasteiger partial charge in [0, 0.05) is 18.5 Å². The molecule has 102 valence electrons. The molecular formula is C14H19N2O2S+. The van der Waals surface area contributed by atoms with Crippen LogP contribution in [0.5, 0.6) is 0 Å². The summed E-state index contributed by atoms with van der Waals surface area (Å²) in [6.07, 6.45) is 3.60. The van der Waals surface area contributed by atoms with Gasteiger partial charge in [0.2, 0.25) is 5.04 Å². The molecule has 1 fully saturated rings. The lowest BCUT2D eigenvalue weighted by Crippen LogP contribution is -2.27. The zero-order chi connectivity index (χ0) is 13.7. The Kier molecular flexibility index (Phi) is 4.85. The highest BCUT2D eigenvalue weighted by atomic mass is 32.2. The van der Waals surface area contributed by atoms with Gasteiger partial charge in [-0.1, -0.05) is 0 Å². The second-order valence-corrected chi connectivity index (χ2v) is 5.62. The third-order valence-corrected chi connectivity index (χ3v) is 4.29. The van der Waals surface area contributed by atoms with Crippen molar-refractivity contribution >= 4 is 28.5 Å². The first-order valence-corrected chi connectivity index (χ1v) is 7.48. The Labute approximate surface area is 117 Å². The molecule has 0 aliphatic carbocycles. The van der Waals surface area contributed by atoms with Crippen molar-refractivity contribution in [1.29, 1.82) is 0 Å². The summed E-state index contributed by atoms with van der Waals surface area (Å²) in [5.74, 6) is -0.689. The molecule has 1 saturated heterocycles. The minimum atomic E-state index is -0.782. The zero-order valence-corrected chi connectivity index (χ0v) is 11.7. The van der Waals surface area contributed by atoms with Crippen LogP contribution in [0.3, 0.4) is 0 Å². The van der Waals surface area contributed by atoms with E-state index in [1.165, 1.54) is 31.0 Å². The average Bonchev–Trinajstić information content (AvgIpc) is 2.42. The first-order chi connectivity index (χ1) is 9.16. The second-order valence-electron chi connectivity index (χ2n) is 4.66. The van der Waals surface area contributed by atoms with E-state index >= 15 is 0 Å². The van der Waals surface area contributed by atoms with Crippen molar-refractivity contribution in [3.63, 3.8) is 0 Å². The molecule has 1 aromatic rings. The molecule has 0 unspecified atom stereocenters. The van der Waals surface area contributed by atoms with Gasteiger partial charge in [-0.15, -0.1) is 0 Å². The van der Waals surface area contributed by atoms with Crippen LogP contribution in [0.2, 0.25) is 0 Å². The van der Waals surface area contributed by atoms with Crippen molar-refractivity contribution in [2.24, 2.45) is 0 Å². The van der Waals surface area contributed by atoms with Crippen molar-refractivity contribution in [3.8, 4) is 0 Å². The van der Waals surface area contributed by atoms with Crippen LogP contribution in [-0.4, -0.2) is 39.5 Å². The molecular weight excluding hydrogens is 260 g/mol. The van der Waals surface area contributed by atoms with Crippen molar-refractivity contribution in [2.75, 3.05) is 24.6 Å². The Morgan fingerprint density at radius 3 is 2.42 bits per heavy atom. The van der Waals surface area contributed by atoms with E-state index < -0.39 is 5.97 Å². The molecule has 1 aliphatic rings. The molecule has 0 amide bonds. The molecule has 0 bridgehead atoms. The van der Waals surface area contributed by atoms with Crippen LogP contribution in [-0.2, 0) is 4.79 Å². The molecule has 19 heavy (non-hydrogen) atoms. The maximum absolute atomic E-state index is 10.8. The number of rotatable bonds is 3. The van der Waals surface area contributed by atoms with Crippen LogP contribution in [0.4, 0.5) is 5.69 Å². The van der Waals surface area contributed by atoms with Crippen LogP contribution in [0.1, 0.15) is 24.8 Å². The summed E-state index contributed by atoms with van der Waals surface area (Å²) in [6.45, 7) is 2.01. The number of piperidine rings is 1. The van der Waals surface area contributed by atoms with Crippen LogP contribution >= 0.6 is 11.8 Å². The van der Waals surface area contributed by atoms with Crippen molar-refractivity contribution in [3.05, 3.63) is 29.8 Å². The fraction of sp³-hybridized carbons (Fsp3) is 0.429. The van der Waals surface area contributed by atoms with Gasteiger partial charge in [0.05, 0.1) is 5.56 Å². The third-order valence-electron chi connectivity index (χ3n) is 3.13. The largest absolute Gasteiger partial charge is 0.481 e. The summed E-state index contributed by atoms with van der Waals surface area (Å²) < 4.78 is 2.29. The lowest BCUT2D eigenvalue weighted by atomic mass is 10.1. The standard InChI is InChI=1S/C14H18N2O2S/c15-12-6-4-11(5-7-12)14(19-10-13(17)18)16-8-2-1-3-9-16/h4-7,15H,1-3,8-10H2,(H,17,18)/p+1.